The third-order valence-electron chi connectivity index (χ3n) is 2.79. The van der Waals surface area contributed by atoms with E-state index in [0.29, 0.717) is 17.6 Å². The summed E-state index contributed by atoms with van der Waals surface area (Å²) in [5, 5.41) is 15.7. The van der Waals surface area contributed by atoms with Crippen LogP contribution in [0.1, 0.15) is 17.1 Å². The average molecular weight is 288 g/mol. The van der Waals surface area contributed by atoms with E-state index in [1.54, 1.807) is 11.3 Å². The molecule has 3 aromatic rings. The van der Waals surface area contributed by atoms with Crippen molar-refractivity contribution < 1.29 is 9.26 Å². The number of hydrogen-bond acceptors (Lipinski definition) is 7. The highest BCUT2D eigenvalue weighted by Crippen LogP contribution is 2.20. The molecular formula is C13H12N4O2S. The Hall–Kier alpha value is -2.28. The van der Waals surface area contributed by atoms with Crippen molar-refractivity contribution in [3.8, 4) is 17.3 Å². The number of nitrogens with zero attached hydrogens (tertiary/aromatic N) is 4. The average Bonchev–Trinajstić information content (AvgIpc) is 3.09. The minimum atomic E-state index is 0.199. The normalized spacial score (nSPS) is 10.7. The van der Waals surface area contributed by atoms with E-state index in [2.05, 4.69) is 20.3 Å². The molecule has 0 amide bonds. The van der Waals surface area contributed by atoms with Crippen molar-refractivity contribution in [3.63, 3.8) is 0 Å². The van der Waals surface area contributed by atoms with Crippen molar-refractivity contribution in [2.24, 2.45) is 0 Å². The van der Waals surface area contributed by atoms with E-state index < -0.39 is 0 Å². The molecule has 7 heteroatoms. The quantitative estimate of drug-likeness (QED) is 0.735. The molecular weight excluding hydrogens is 276 g/mol. The fourth-order valence-corrected chi connectivity index (χ4v) is 2.18. The summed E-state index contributed by atoms with van der Waals surface area (Å²) in [6.07, 6.45) is 0. The maximum Gasteiger partial charge on any atom is 0.258 e. The molecule has 0 atom stereocenters. The number of ether oxygens (including phenoxy) is 1. The highest BCUT2D eigenvalue weighted by Gasteiger charge is 2.10. The van der Waals surface area contributed by atoms with Crippen LogP contribution in [0.3, 0.4) is 0 Å². The van der Waals surface area contributed by atoms with Crippen molar-refractivity contribution in [3.05, 3.63) is 40.0 Å². The van der Waals surface area contributed by atoms with Crippen LogP contribution in [0.25, 0.3) is 11.5 Å². The summed E-state index contributed by atoms with van der Waals surface area (Å²) < 4.78 is 10.7. The van der Waals surface area contributed by atoms with Crippen molar-refractivity contribution in [2.75, 3.05) is 0 Å². The SMILES string of the molecule is Cc1cc(OCc2noc(-c3ccsc3)n2)nnc1C. The third-order valence-corrected chi connectivity index (χ3v) is 3.48. The summed E-state index contributed by atoms with van der Waals surface area (Å²) >= 11 is 1.58. The zero-order chi connectivity index (χ0) is 13.9. The Bertz CT molecular complexity index is 709. The maximum absolute atomic E-state index is 5.50. The molecule has 0 bridgehead atoms. The maximum atomic E-state index is 5.50. The molecule has 0 spiro atoms. The van der Waals surface area contributed by atoms with E-state index >= 15 is 0 Å². The van der Waals surface area contributed by atoms with E-state index in [4.69, 9.17) is 9.26 Å². The summed E-state index contributed by atoms with van der Waals surface area (Å²) in [7, 11) is 0. The lowest BCUT2D eigenvalue weighted by molar-refractivity contribution is 0.273. The highest BCUT2D eigenvalue weighted by molar-refractivity contribution is 7.08. The van der Waals surface area contributed by atoms with Gasteiger partial charge in [-0.3, -0.25) is 0 Å². The summed E-state index contributed by atoms with van der Waals surface area (Å²) in [6.45, 7) is 4.06. The van der Waals surface area contributed by atoms with Crippen molar-refractivity contribution in [2.45, 2.75) is 20.5 Å². The molecule has 0 fully saturated rings. The van der Waals surface area contributed by atoms with Crippen molar-refractivity contribution in [1.29, 1.82) is 0 Å². The van der Waals surface area contributed by atoms with E-state index in [0.717, 1.165) is 16.8 Å². The van der Waals surface area contributed by atoms with Gasteiger partial charge in [-0.2, -0.15) is 21.4 Å². The second-order valence-corrected chi connectivity index (χ2v) is 5.05. The number of rotatable bonds is 4. The molecule has 0 saturated heterocycles. The zero-order valence-corrected chi connectivity index (χ0v) is 11.8. The van der Waals surface area contributed by atoms with Gasteiger partial charge >= 0.3 is 0 Å². The van der Waals surface area contributed by atoms with Crippen LogP contribution < -0.4 is 4.74 Å². The van der Waals surface area contributed by atoms with Gasteiger partial charge in [0.1, 0.15) is 0 Å². The fourth-order valence-electron chi connectivity index (χ4n) is 1.55. The van der Waals surface area contributed by atoms with Crippen LogP contribution >= 0.6 is 11.3 Å². The lowest BCUT2D eigenvalue weighted by atomic mass is 10.2. The minimum absolute atomic E-state index is 0.199. The Morgan fingerprint density at radius 3 is 2.95 bits per heavy atom. The van der Waals surface area contributed by atoms with Crippen molar-refractivity contribution in [1.82, 2.24) is 20.3 Å². The van der Waals surface area contributed by atoms with Crippen LogP contribution in [0.5, 0.6) is 5.88 Å². The van der Waals surface area contributed by atoms with Crippen LogP contribution in [0, 0.1) is 13.8 Å². The van der Waals surface area contributed by atoms with Gasteiger partial charge in [0.25, 0.3) is 5.89 Å². The minimum Gasteiger partial charge on any atom is -0.468 e. The van der Waals surface area contributed by atoms with Gasteiger partial charge in [0, 0.05) is 11.4 Å². The van der Waals surface area contributed by atoms with Crippen LogP contribution in [0.15, 0.2) is 27.4 Å². The molecule has 20 heavy (non-hydrogen) atoms. The largest absolute Gasteiger partial charge is 0.468 e. The number of aromatic nitrogens is 4. The predicted octanol–water partition coefficient (Wildman–Crippen LogP) is 2.78. The summed E-state index contributed by atoms with van der Waals surface area (Å²) in [4.78, 5) is 4.26. The lowest BCUT2D eigenvalue weighted by Gasteiger charge is -2.03. The molecule has 0 aliphatic carbocycles. The number of hydrogen-bond donors (Lipinski definition) is 0. The van der Waals surface area contributed by atoms with Gasteiger partial charge in [-0.1, -0.05) is 5.16 Å². The van der Waals surface area contributed by atoms with E-state index in [-0.39, 0.29) is 6.61 Å². The molecule has 3 heterocycles. The van der Waals surface area contributed by atoms with Gasteiger partial charge < -0.3 is 9.26 Å². The summed E-state index contributed by atoms with van der Waals surface area (Å²) in [5.74, 6) is 1.43. The molecule has 6 nitrogen and oxygen atoms in total. The van der Waals surface area contributed by atoms with E-state index in [1.165, 1.54) is 0 Å². The Morgan fingerprint density at radius 1 is 1.30 bits per heavy atom. The molecule has 0 saturated carbocycles. The second kappa shape index (κ2) is 5.38. The van der Waals surface area contributed by atoms with Gasteiger partial charge in [0.05, 0.1) is 11.3 Å². The lowest BCUT2D eigenvalue weighted by Crippen LogP contribution is -2.01. The van der Waals surface area contributed by atoms with Gasteiger partial charge in [-0.15, -0.1) is 5.10 Å². The van der Waals surface area contributed by atoms with Gasteiger partial charge in [0.2, 0.25) is 11.7 Å². The first-order chi connectivity index (χ1) is 9.72. The molecule has 102 valence electrons. The first-order valence-corrected chi connectivity index (χ1v) is 6.95. The van der Waals surface area contributed by atoms with Crippen LogP contribution in [0.4, 0.5) is 0 Å². The van der Waals surface area contributed by atoms with Crippen LogP contribution in [0.2, 0.25) is 0 Å². The molecule has 0 aromatic carbocycles. The highest BCUT2D eigenvalue weighted by atomic mass is 32.1. The first kappa shape index (κ1) is 12.7. The predicted molar refractivity (Wildman–Crippen MR) is 73.4 cm³/mol. The summed E-state index contributed by atoms with van der Waals surface area (Å²) in [6, 6.07) is 3.76. The number of thiophene rings is 1. The Labute approximate surface area is 119 Å². The smallest absolute Gasteiger partial charge is 0.258 e. The molecule has 3 rings (SSSR count). The molecule has 3 aromatic heterocycles. The zero-order valence-electron chi connectivity index (χ0n) is 11.0. The van der Waals surface area contributed by atoms with E-state index in [1.807, 2.05) is 36.7 Å². The van der Waals surface area contributed by atoms with Crippen LogP contribution in [-0.4, -0.2) is 20.3 Å². The fraction of sp³-hybridized carbons (Fsp3) is 0.231. The number of aryl methyl sites for hydroxylation is 2. The standard InChI is InChI=1S/C13H12N4O2S/c1-8-5-12(16-15-9(8)2)18-6-11-14-13(19-17-11)10-3-4-20-7-10/h3-5,7H,6H2,1-2H3. The molecule has 0 unspecified atom stereocenters. The van der Waals surface area contributed by atoms with Gasteiger partial charge in [-0.25, -0.2) is 0 Å². The summed E-state index contributed by atoms with van der Waals surface area (Å²) in [5.41, 5.74) is 2.83. The topological polar surface area (TPSA) is 73.9 Å². The second-order valence-electron chi connectivity index (χ2n) is 4.27. The Balaban J connectivity index is 1.68. The van der Waals surface area contributed by atoms with Crippen LogP contribution in [-0.2, 0) is 6.61 Å². The molecule has 0 radical (unpaired) electrons. The van der Waals surface area contributed by atoms with Gasteiger partial charge in [-0.05, 0) is 30.9 Å². The third kappa shape index (κ3) is 2.67. The first-order valence-electron chi connectivity index (χ1n) is 6.01. The monoisotopic (exact) mass is 288 g/mol. The van der Waals surface area contributed by atoms with Crippen molar-refractivity contribution >= 4 is 11.3 Å². The van der Waals surface area contributed by atoms with Gasteiger partial charge in [0.15, 0.2) is 6.61 Å². The Morgan fingerprint density at radius 2 is 2.20 bits per heavy atom. The molecule has 0 aliphatic heterocycles. The molecule has 0 N–H and O–H groups in total. The van der Waals surface area contributed by atoms with E-state index in [9.17, 15) is 0 Å². The molecule has 0 aliphatic rings. The Kier molecular flexibility index (Phi) is 3.42.